The fraction of sp³-hybridized carbons (Fsp3) is 0.269. The second-order valence-corrected chi connectivity index (χ2v) is 9.78. The first-order valence-corrected chi connectivity index (χ1v) is 12.4. The van der Waals surface area contributed by atoms with E-state index in [0.29, 0.717) is 44.5 Å². The molecular weight excluding hydrogens is 499 g/mol. The summed E-state index contributed by atoms with van der Waals surface area (Å²) in [4.78, 5) is 24.4. The van der Waals surface area contributed by atoms with Crippen molar-refractivity contribution in [2.24, 2.45) is 0 Å². The fourth-order valence-electron chi connectivity index (χ4n) is 4.65. The Morgan fingerprint density at radius 1 is 1.06 bits per heavy atom. The number of nitrogens with zero attached hydrogens (tertiary/aromatic N) is 4. The van der Waals surface area contributed by atoms with Gasteiger partial charge in [-0.2, -0.15) is 0 Å². The Hall–Kier alpha value is -3.33. The van der Waals surface area contributed by atoms with Crippen LogP contribution in [-0.4, -0.2) is 46.8 Å². The lowest BCUT2D eigenvalue weighted by atomic mass is 10.1. The lowest BCUT2D eigenvalue weighted by molar-refractivity contribution is 0.391. The van der Waals surface area contributed by atoms with E-state index in [1.165, 1.54) is 17.1 Å². The van der Waals surface area contributed by atoms with Crippen LogP contribution in [0.1, 0.15) is 13.8 Å². The van der Waals surface area contributed by atoms with Crippen molar-refractivity contribution in [3.8, 4) is 11.4 Å². The fourth-order valence-corrected chi connectivity index (χ4v) is 5.23. The van der Waals surface area contributed by atoms with Gasteiger partial charge in [-0.15, -0.1) is 0 Å². The molecule has 8 nitrogen and oxygen atoms in total. The number of pyridine rings is 1. The Labute approximate surface area is 218 Å². The topological polar surface area (TPSA) is 84.3 Å². The van der Waals surface area contributed by atoms with E-state index in [9.17, 15) is 4.79 Å². The minimum Gasteiger partial charge on any atom is -0.495 e. The van der Waals surface area contributed by atoms with E-state index in [-0.39, 0.29) is 5.56 Å². The Kier molecular flexibility index (Phi) is 6.75. The molecule has 10 heteroatoms. The molecule has 1 fully saturated rings. The lowest BCUT2D eigenvalue weighted by Crippen LogP contribution is -2.54. The van der Waals surface area contributed by atoms with E-state index in [0.717, 1.165) is 30.2 Å². The highest BCUT2D eigenvalue weighted by Gasteiger charge is 2.23. The molecule has 1 aliphatic heterocycles. The van der Waals surface area contributed by atoms with Crippen LogP contribution >= 0.6 is 23.2 Å². The molecule has 2 N–H and O–H groups in total. The standard InChI is InChI=1S/C26H26Cl2N6O2/c1-15-12-33(13-16(2)31-15)22-8-7-17(9-23(22)36-3)32-24-10-21-18(11-29-24)26(35)34(14-30-21)25-19(27)5-4-6-20(25)28/h4-11,14-16,31H,12-13H2,1-3H3,(H,29,32)/t15-,16+. The van der Waals surface area contributed by atoms with Crippen molar-refractivity contribution < 1.29 is 4.74 Å². The normalized spacial score (nSPS) is 17.9. The number of methoxy groups -OCH3 is 1. The second kappa shape index (κ2) is 9.97. The molecular formula is C26H26Cl2N6O2. The number of para-hydroxylation sites is 1. The third kappa shape index (κ3) is 4.72. The van der Waals surface area contributed by atoms with Crippen LogP contribution in [-0.2, 0) is 0 Å². The highest BCUT2D eigenvalue weighted by molar-refractivity contribution is 6.37. The van der Waals surface area contributed by atoms with Crippen molar-refractivity contribution >= 4 is 51.3 Å². The molecule has 2 aromatic heterocycles. The molecule has 2 aromatic carbocycles. The average Bonchev–Trinajstić information content (AvgIpc) is 2.84. The van der Waals surface area contributed by atoms with Crippen LogP contribution in [0.15, 0.2) is 59.8 Å². The van der Waals surface area contributed by atoms with Gasteiger partial charge in [-0.1, -0.05) is 29.3 Å². The maximum Gasteiger partial charge on any atom is 0.267 e. The highest BCUT2D eigenvalue weighted by atomic mass is 35.5. The molecule has 3 heterocycles. The molecule has 4 aromatic rings. The van der Waals surface area contributed by atoms with Gasteiger partial charge in [0.25, 0.3) is 5.56 Å². The van der Waals surface area contributed by atoms with Gasteiger partial charge in [0.2, 0.25) is 0 Å². The number of ether oxygens (including phenoxy) is 1. The van der Waals surface area contributed by atoms with Crippen molar-refractivity contribution in [2.45, 2.75) is 25.9 Å². The number of hydrogen-bond donors (Lipinski definition) is 2. The molecule has 5 rings (SSSR count). The number of halogens is 2. The zero-order valence-electron chi connectivity index (χ0n) is 20.1. The molecule has 0 aliphatic carbocycles. The second-order valence-electron chi connectivity index (χ2n) is 8.96. The average molecular weight is 525 g/mol. The van der Waals surface area contributed by atoms with Crippen molar-refractivity contribution in [1.29, 1.82) is 0 Å². The smallest absolute Gasteiger partial charge is 0.267 e. The van der Waals surface area contributed by atoms with Crippen LogP contribution in [0.4, 0.5) is 17.2 Å². The Balaban J connectivity index is 1.43. The summed E-state index contributed by atoms with van der Waals surface area (Å²) in [5.74, 6) is 1.34. The van der Waals surface area contributed by atoms with Gasteiger partial charge < -0.3 is 20.3 Å². The summed E-state index contributed by atoms with van der Waals surface area (Å²) >= 11 is 12.6. The summed E-state index contributed by atoms with van der Waals surface area (Å²) in [5, 5.41) is 7.92. The van der Waals surface area contributed by atoms with Gasteiger partial charge in [0.05, 0.1) is 39.4 Å². The predicted molar refractivity (Wildman–Crippen MR) is 146 cm³/mol. The Morgan fingerprint density at radius 2 is 1.78 bits per heavy atom. The molecule has 186 valence electrons. The zero-order valence-corrected chi connectivity index (χ0v) is 21.6. The number of fused-ring (bicyclic) bond motifs is 1. The molecule has 0 bridgehead atoms. The maximum atomic E-state index is 13.1. The van der Waals surface area contributed by atoms with Crippen LogP contribution < -0.4 is 25.8 Å². The molecule has 0 radical (unpaired) electrons. The summed E-state index contributed by atoms with van der Waals surface area (Å²) in [5.41, 5.74) is 2.46. The quantitative estimate of drug-likeness (QED) is 0.378. The summed E-state index contributed by atoms with van der Waals surface area (Å²) in [6.07, 6.45) is 2.93. The molecule has 0 saturated carbocycles. The Bertz CT molecular complexity index is 1460. The van der Waals surface area contributed by atoms with Crippen LogP contribution in [0, 0.1) is 0 Å². The molecule has 0 amide bonds. The number of piperazine rings is 1. The van der Waals surface area contributed by atoms with Gasteiger partial charge in [0.1, 0.15) is 17.9 Å². The van der Waals surface area contributed by atoms with Gasteiger partial charge in [-0.05, 0) is 38.1 Å². The first-order chi connectivity index (χ1) is 17.3. The number of aromatic nitrogens is 3. The summed E-state index contributed by atoms with van der Waals surface area (Å²) in [6, 6.07) is 13.6. The van der Waals surface area contributed by atoms with Crippen molar-refractivity contribution in [3.63, 3.8) is 0 Å². The summed E-state index contributed by atoms with van der Waals surface area (Å²) in [7, 11) is 1.67. The molecule has 2 atom stereocenters. The number of benzene rings is 2. The molecule has 36 heavy (non-hydrogen) atoms. The van der Waals surface area contributed by atoms with Gasteiger partial charge >= 0.3 is 0 Å². The third-order valence-electron chi connectivity index (χ3n) is 6.17. The number of rotatable bonds is 5. The van der Waals surface area contributed by atoms with Crippen molar-refractivity contribution in [2.75, 3.05) is 30.4 Å². The van der Waals surface area contributed by atoms with Crippen molar-refractivity contribution in [1.82, 2.24) is 19.9 Å². The summed E-state index contributed by atoms with van der Waals surface area (Å²) < 4.78 is 7.04. The molecule has 0 unspecified atom stereocenters. The first kappa shape index (κ1) is 24.4. The summed E-state index contributed by atoms with van der Waals surface area (Å²) in [6.45, 7) is 6.18. The molecule has 1 saturated heterocycles. The number of nitrogens with one attached hydrogen (secondary N) is 2. The SMILES string of the molecule is COc1cc(Nc2cc3ncn(-c4c(Cl)cccc4Cl)c(=O)c3cn2)ccc1N1C[C@@H](C)N[C@@H](C)C1. The predicted octanol–water partition coefficient (Wildman–Crippen LogP) is 5.03. The third-order valence-corrected chi connectivity index (χ3v) is 6.78. The van der Waals surface area contributed by atoms with Crippen LogP contribution in [0.25, 0.3) is 16.6 Å². The maximum absolute atomic E-state index is 13.1. The monoisotopic (exact) mass is 524 g/mol. The number of hydrogen-bond acceptors (Lipinski definition) is 7. The first-order valence-electron chi connectivity index (χ1n) is 11.6. The van der Waals surface area contributed by atoms with E-state index in [4.69, 9.17) is 27.9 Å². The highest BCUT2D eigenvalue weighted by Crippen LogP contribution is 2.33. The molecule has 0 spiro atoms. The van der Waals surface area contributed by atoms with E-state index < -0.39 is 0 Å². The lowest BCUT2D eigenvalue weighted by Gasteiger charge is -2.38. The largest absolute Gasteiger partial charge is 0.495 e. The zero-order chi connectivity index (χ0) is 25.4. The Morgan fingerprint density at radius 3 is 2.47 bits per heavy atom. The van der Waals surface area contributed by atoms with Gasteiger partial charge in [-0.3, -0.25) is 9.36 Å². The minimum absolute atomic E-state index is 0.306. The van der Waals surface area contributed by atoms with E-state index in [1.54, 1.807) is 31.4 Å². The minimum atomic E-state index is -0.306. The van der Waals surface area contributed by atoms with E-state index in [1.807, 2.05) is 12.1 Å². The van der Waals surface area contributed by atoms with Gasteiger partial charge in [0.15, 0.2) is 0 Å². The number of anilines is 3. The van der Waals surface area contributed by atoms with Crippen LogP contribution in [0.3, 0.4) is 0 Å². The van der Waals surface area contributed by atoms with E-state index >= 15 is 0 Å². The van der Waals surface area contributed by atoms with Gasteiger partial charge in [-0.25, -0.2) is 9.97 Å². The van der Waals surface area contributed by atoms with Crippen LogP contribution in [0.5, 0.6) is 5.75 Å². The van der Waals surface area contributed by atoms with Crippen molar-refractivity contribution in [3.05, 3.63) is 75.4 Å². The van der Waals surface area contributed by atoms with Gasteiger partial charge in [0, 0.05) is 49.2 Å². The van der Waals surface area contributed by atoms with Crippen LogP contribution in [0.2, 0.25) is 10.0 Å². The molecule has 1 aliphatic rings. The van der Waals surface area contributed by atoms with E-state index in [2.05, 4.69) is 45.4 Å².